The minimum Gasteiger partial charge on any atom is -0.349 e. The lowest BCUT2D eigenvalue weighted by atomic mass is 10.2. The van der Waals surface area contributed by atoms with Crippen LogP contribution >= 0.6 is 11.6 Å². The average molecular weight is 308 g/mol. The molecule has 20 heavy (non-hydrogen) atoms. The highest BCUT2D eigenvalue weighted by atomic mass is 35.5. The van der Waals surface area contributed by atoms with Gasteiger partial charge < -0.3 is 10.6 Å². The second-order valence-electron chi connectivity index (χ2n) is 4.52. The molecule has 2 rings (SSSR count). The molecule has 4 nitrogen and oxygen atoms in total. The van der Waals surface area contributed by atoms with E-state index in [1.54, 1.807) is 0 Å². The largest absolute Gasteiger partial charge is 0.417 e. The molecule has 1 aromatic rings. The highest BCUT2D eigenvalue weighted by molar-refractivity contribution is 6.31. The van der Waals surface area contributed by atoms with E-state index in [-0.39, 0.29) is 29.2 Å². The molecule has 1 unspecified atom stereocenters. The lowest BCUT2D eigenvalue weighted by Crippen LogP contribution is -2.40. The maximum Gasteiger partial charge on any atom is 0.417 e. The van der Waals surface area contributed by atoms with Crippen LogP contribution in [-0.2, 0) is 17.5 Å². The molecule has 110 valence electrons. The van der Waals surface area contributed by atoms with E-state index in [1.165, 1.54) is 0 Å². The van der Waals surface area contributed by atoms with Gasteiger partial charge >= 0.3 is 6.18 Å². The van der Waals surface area contributed by atoms with E-state index >= 15 is 0 Å². The SMILES string of the molecule is O=C(NCc1ncc(C(F)(F)F)cc1Cl)C1CCCN1. The van der Waals surface area contributed by atoms with Gasteiger partial charge in [0.1, 0.15) is 0 Å². The van der Waals surface area contributed by atoms with Gasteiger partial charge in [0.2, 0.25) is 5.91 Å². The van der Waals surface area contributed by atoms with Gasteiger partial charge in [0, 0.05) is 6.20 Å². The first-order valence-electron chi connectivity index (χ1n) is 6.10. The second kappa shape index (κ2) is 5.97. The fraction of sp³-hybridized carbons (Fsp3) is 0.500. The van der Waals surface area contributed by atoms with Crippen LogP contribution in [-0.4, -0.2) is 23.5 Å². The van der Waals surface area contributed by atoms with Gasteiger partial charge in [-0.2, -0.15) is 13.2 Å². The van der Waals surface area contributed by atoms with Crippen LogP contribution in [0.4, 0.5) is 13.2 Å². The number of nitrogens with one attached hydrogen (secondary N) is 2. The van der Waals surface area contributed by atoms with Crippen LogP contribution in [0, 0.1) is 0 Å². The van der Waals surface area contributed by atoms with E-state index in [2.05, 4.69) is 15.6 Å². The Morgan fingerprint density at radius 2 is 2.30 bits per heavy atom. The third kappa shape index (κ3) is 3.61. The number of aromatic nitrogens is 1. The Kier molecular flexibility index (Phi) is 4.49. The summed E-state index contributed by atoms with van der Waals surface area (Å²) in [5.74, 6) is -0.194. The number of halogens is 4. The van der Waals surface area contributed by atoms with E-state index in [9.17, 15) is 18.0 Å². The van der Waals surface area contributed by atoms with Gasteiger partial charge in [0.15, 0.2) is 0 Å². The molecule has 1 aliphatic heterocycles. The van der Waals surface area contributed by atoms with Gasteiger partial charge in [0.05, 0.1) is 28.9 Å². The molecule has 0 aromatic carbocycles. The lowest BCUT2D eigenvalue weighted by molar-refractivity contribution is -0.137. The second-order valence-corrected chi connectivity index (χ2v) is 4.92. The number of rotatable bonds is 3. The van der Waals surface area contributed by atoms with Crippen LogP contribution in [0.5, 0.6) is 0 Å². The van der Waals surface area contributed by atoms with Gasteiger partial charge in [-0.25, -0.2) is 0 Å². The van der Waals surface area contributed by atoms with Gasteiger partial charge in [-0.3, -0.25) is 9.78 Å². The average Bonchev–Trinajstić information content (AvgIpc) is 2.89. The van der Waals surface area contributed by atoms with Crippen LogP contribution < -0.4 is 10.6 Å². The summed E-state index contributed by atoms with van der Waals surface area (Å²) in [6, 6.07) is 0.562. The summed E-state index contributed by atoms with van der Waals surface area (Å²) < 4.78 is 37.3. The Balaban J connectivity index is 1.98. The first-order valence-corrected chi connectivity index (χ1v) is 6.48. The standard InChI is InChI=1S/C12H13ClF3N3O/c13-8-4-7(12(14,15)16)5-18-10(8)6-19-11(20)9-2-1-3-17-9/h4-5,9,17H,1-3,6H2,(H,19,20). The maximum absolute atomic E-state index is 12.4. The number of alkyl halides is 3. The van der Waals surface area contributed by atoms with Crippen molar-refractivity contribution in [2.45, 2.75) is 31.6 Å². The molecular formula is C12H13ClF3N3O. The van der Waals surface area contributed by atoms with E-state index in [1.807, 2.05) is 0 Å². The molecule has 1 amide bonds. The van der Waals surface area contributed by atoms with Gasteiger partial charge in [-0.05, 0) is 25.5 Å². The topological polar surface area (TPSA) is 54.0 Å². The zero-order valence-electron chi connectivity index (χ0n) is 10.4. The van der Waals surface area contributed by atoms with Crippen molar-refractivity contribution in [3.05, 3.63) is 28.5 Å². The van der Waals surface area contributed by atoms with Crippen molar-refractivity contribution in [2.24, 2.45) is 0 Å². The molecule has 2 heterocycles. The molecule has 1 fully saturated rings. The number of carbonyl (C=O) groups excluding carboxylic acids is 1. The first kappa shape index (κ1) is 15.1. The molecule has 1 saturated heterocycles. The minimum absolute atomic E-state index is 0.00792. The summed E-state index contributed by atoms with van der Waals surface area (Å²) in [6.07, 6.45) is -2.09. The van der Waals surface area contributed by atoms with Crippen molar-refractivity contribution in [3.8, 4) is 0 Å². The quantitative estimate of drug-likeness (QED) is 0.899. The van der Waals surface area contributed by atoms with E-state index in [4.69, 9.17) is 11.6 Å². The van der Waals surface area contributed by atoms with Crippen LogP contribution in [0.25, 0.3) is 0 Å². The number of hydrogen-bond acceptors (Lipinski definition) is 3. The molecule has 1 atom stereocenters. The Hall–Kier alpha value is -1.34. The number of carbonyl (C=O) groups is 1. The summed E-state index contributed by atoms with van der Waals surface area (Å²) in [5.41, 5.74) is -0.693. The zero-order chi connectivity index (χ0) is 14.8. The van der Waals surface area contributed by atoms with Crippen LogP contribution in [0.3, 0.4) is 0 Å². The van der Waals surface area contributed by atoms with Gasteiger partial charge in [-0.1, -0.05) is 11.6 Å². The van der Waals surface area contributed by atoms with Crippen molar-refractivity contribution in [2.75, 3.05) is 6.54 Å². The third-order valence-corrected chi connectivity index (χ3v) is 3.38. The minimum atomic E-state index is -4.48. The number of amides is 1. The van der Waals surface area contributed by atoms with Crippen LogP contribution in [0.15, 0.2) is 12.3 Å². The van der Waals surface area contributed by atoms with Crippen LogP contribution in [0.2, 0.25) is 5.02 Å². The molecule has 0 radical (unpaired) electrons. The number of pyridine rings is 1. The van der Waals surface area contributed by atoms with Gasteiger partial charge in [0.25, 0.3) is 0 Å². The molecule has 1 aromatic heterocycles. The Morgan fingerprint density at radius 3 is 2.85 bits per heavy atom. The van der Waals surface area contributed by atoms with Crippen molar-refractivity contribution in [1.29, 1.82) is 0 Å². The van der Waals surface area contributed by atoms with Crippen molar-refractivity contribution < 1.29 is 18.0 Å². The fourth-order valence-electron chi connectivity index (χ4n) is 1.95. The normalized spacial score (nSPS) is 19.1. The summed E-state index contributed by atoms with van der Waals surface area (Å²) in [5, 5.41) is 5.52. The third-order valence-electron chi connectivity index (χ3n) is 3.05. The molecule has 0 bridgehead atoms. The van der Waals surface area contributed by atoms with Crippen LogP contribution in [0.1, 0.15) is 24.1 Å². The molecular weight excluding hydrogens is 295 g/mol. The summed E-state index contributed by atoms with van der Waals surface area (Å²) in [4.78, 5) is 15.4. The highest BCUT2D eigenvalue weighted by Crippen LogP contribution is 2.30. The van der Waals surface area contributed by atoms with E-state index < -0.39 is 11.7 Å². The van der Waals surface area contributed by atoms with Crippen molar-refractivity contribution in [1.82, 2.24) is 15.6 Å². The van der Waals surface area contributed by atoms with Crippen molar-refractivity contribution in [3.63, 3.8) is 0 Å². The lowest BCUT2D eigenvalue weighted by Gasteiger charge is -2.12. The monoisotopic (exact) mass is 307 g/mol. The Labute approximate surface area is 118 Å². The molecule has 8 heteroatoms. The van der Waals surface area contributed by atoms with Crippen molar-refractivity contribution >= 4 is 17.5 Å². The summed E-state index contributed by atoms with van der Waals surface area (Å²) >= 11 is 5.75. The smallest absolute Gasteiger partial charge is 0.349 e. The molecule has 0 aliphatic carbocycles. The molecule has 0 spiro atoms. The summed E-state index contributed by atoms with van der Waals surface area (Å²) in [6.45, 7) is 0.797. The maximum atomic E-state index is 12.4. The molecule has 0 saturated carbocycles. The summed E-state index contributed by atoms with van der Waals surface area (Å²) in [7, 11) is 0. The fourth-order valence-corrected chi connectivity index (χ4v) is 2.19. The predicted octanol–water partition coefficient (Wildman–Crippen LogP) is 2.12. The molecule has 1 aliphatic rings. The predicted molar refractivity (Wildman–Crippen MR) is 67.1 cm³/mol. The number of nitrogens with zero attached hydrogens (tertiary/aromatic N) is 1. The zero-order valence-corrected chi connectivity index (χ0v) is 11.2. The number of hydrogen-bond donors (Lipinski definition) is 2. The van der Waals surface area contributed by atoms with Gasteiger partial charge in [-0.15, -0.1) is 0 Å². The highest BCUT2D eigenvalue weighted by Gasteiger charge is 2.31. The Bertz CT molecular complexity index is 501. The van der Waals surface area contributed by atoms with E-state index in [0.717, 1.165) is 25.5 Å². The first-order chi connectivity index (χ1) is 9.38. The molecule has 2 N–H and O–H groups in total. The van der Waals surface area contributed by atoms with E-state index in [0.29, 0.717) is 6.20 Å². The Morgan fingerprint density at radius 1 is 1.55 bits per heavy atom.